The largest absolute Gasteiger partial charge is 0.313 e. The topological polar surface area (TPSA) is 12.0 Å². The molecule has 0 radical (unpaired) electrons. The second kappa shape index (κ2) is 6.61. The van der Waals surface area contributed by atoms with E-state index < -0.39 is 0 Å². The maximum atomic E-state index is 3.95. The van der Waals surface area contributed by atoms with Gasteiger partial charge in [-0.1, -0.05) is 51.9 Å². The molecule has 2 atom stereocenters. The summed E-state index contributed by atoms with van der Waals surface area (Å²) in [5.74, 6) is 4.07. The van der Waals surface area contributed by atoms with Crippen molar-refractivity contribution in [2.75, 3.05) is 6.54 Å². The summed E-state index contributed by atoms with van der Waals surface area (Å²) in [4.78, 5) is 0. The lowest BCUT2D eigenvalue weighted by Gasteiger charge is -2.41. The predicted octanol–water partition coefficient (Wildman–Crippen LogP) is 4.76. The molecule has 3 rings (SSSR count). The Bertz CT molecular complexity index is 253. The van der Waals surface area contributed by atoms with Gasteiger partial charge in [-0.2, -0.15) is 0 Å². The van der Waals surface area contributed by atoms with E-state index in [0.29, 0.717) is 0 Å². The zero-order valence-corrected chi connectivity index (χ0v) is 12.9. The smallest absolute Gasteiger partial charge is 0.00955 e. The highest BCUT2D eigenvalue weighted by Gasteiger charge is 2.32. The second-order valence-corrected chi connectivity index (χ2v) is 7.77. The molecule has 1 heterocycles. The number of rotatable bonds is 2. The molecule has 0 aromatic heterocycles. The van der Waals surface area contributed by atoms with Crippen LogP contribution in [0.5, 0.6) is 0 Å². The van der Waals surface area contributed by atoms with E-state index in [-0.39, 0.29) is 0 Å². The van der Waals surface area contributed by atoms with Crippen LogP contribution in [0.3, 0.4) is 0 Å². The van der Waals surface area contributed by atoms with E-state index in [9.17, 15) is 0 Å². The van der Waals surface area contributed by atoms with Crippen LogP contribution in [-0.4, -0.2) is 12.6 Å². The lowest BCUT2D eigenvalue weighted by atomic mass is 9.72. The van der Waals surface area contributed by atoms with Crippen LogP contribution in [0, 0.1) is 23.7 Å². The van der Waals surface area contributed by atoms with Gasteiger partial charge in [0.15, 0.2) is 0 Å². The number of piperidine rings is 1. The Labute approximate surface area is 119 Å². The lowest BCUT2D eigenvalue weighted by Crippen LogP contribution is -2.46. The van der Waals surface area contributed by atoms with Gasteiger partial charge < -0.3 is 5.32 Å². The Hall–Kier alpha value is -0.0400. The van der Waals surface area contributed by atoms with Gasteiger partial charge in [-0.05, 0) is 55.9 Å². The van der Waals surface area contributed by atoms with Crippen LogP contribution in [0.4, 0.5) is 0 Å². The molecule has 3 fully saturated rings. The van der Waals surface area contributed by atoms with Gasteiger partial charge >= 0.3 is 0 Å². The van der Waals surface area contributed by atoms with Crippen molar-refractivity contribution in [1.29, 1.82) is 0 Å². The molecule has 0 aromatic carbocycles. The van der Waals surface area contributed by atoms with Crippen LogP contribution < -0.4 is 5.32 Å². The zero-order valence-electron chi connectivity index (χ0n) is 12.9. The van der Waals surface area contributed by atoms with E-state index >= 15 is 0 Å². The van der Waals surface area contributed by atoms with Crippen molar-refractivity contribution in [1.82, 2.24) is 5.32 Å². The summed E-state index contributed by atoms with van der Waals surface area (Å²) in [6, 6.07) is 0.868. The summed E-state index contributed by atoms with van der Waals surface area (Å²) in [7, 11) is 0. The van der Waals surface area contributed by atoms with Crippen LogP contribution in [0.1, 0.15) is 77.6 Å². The van der Waals surface area contributed by atoms with Gasteiger partial charge in [-0.3, -0.25) is 0 Å². The third-order valence-corrected chi connectivity index (χ3v) is 6.44. The van der Waals surface area contributed by atoms with Crippen LogP contribution in [0.25, 0.3) is 0 Å². The van der Waals surface area contributed by atoms with Crippen molar-refractivity contribution in [2.24, 2.45) is 23.7 Å². The summed E-state index contributed by atoms with van der Waals surface area (Å²) in [6.07, 6.45) is 16.5. The first kappa shape index (κ1) is 13.9. The molecule has 2 aliphatic carbocycles. The average molecular weight is 263 g/mol. The summed E-state index contributed by atoms with van der Waals surface area (Å²) in [6.45, 7) is 3.77. The molecule has 19 heavy (non-hydrogen) atoms. The highest BCUT2D eigenvalue weighted by atomic mass is 14.9. The Morgan fingerprint density at radius 3 is 1.95 bits per heavy atom. The number of hydrogen-bond acceptors (Lipinski definition) is 1. The van der Waals surface area contributed by atoms with Gasteiger partial charge in [0, 0.05) is 6.04 Å². The van der Waals surface area contributed by atoms with Crippen molar-refractivity contribution in [3.8, 4) is 0 Å². The molecule has 1 heteroatoms. The molecule has 1 aliphatic heterocycles. The van der Waals surface area contributed by atoms with Gasteiger partial charge in [-0.15, -0.1) is 0 Å². The molecule has 0 bridgehead atoms. The van der Waals surface area contributed by atoms with Gasteiger partial charge in [0.2, 0.25) is 0 Å². The van der Waals surface area contributed by atoms with E-state index in [0.717, 1.165) is 29.7 Å². The van der Waals surface area contributed by atoms with Crippen molar-refractivity contribution in [3.63, 3.8) is 0 Å². The molecule has 0 aromatic rings. The third-order valence-electron chi connectivity index (χ3n) is 6.44. The first-order valence-electron chi connectivity index (χ1n) is 9.06. The summed E-state index contributed by atoms with van der Waals surface area (Å²) >= 11 is 0. The maximum Gasteiger partial charge on any atom is 0.00955 e. The van der Waals surface area contributed by atoms with Crippen LogP contribution in [0.15, 0.2) is 0 Å². The molecule has 1 saturated heterocycles. The highest BCUT2D eigenvalue weighted by molar-refractivity contribution is 4.88. The Morgan fingerprint density at radius 1 is 0.632 bits per heavy atom. The molecule has 0 spiro atoms. The highest BCUT2D eigenvalue weighted by Crippen LogP contribution is 2.37. The minimum atomic E-state index is 0.868. The fourth-order valence-corrected chi connectivity index (χ4v) is 5.00. The second-order valence-electron chi connectivity index (χ2n) is 7.77. The number of nitrogens with one attached hydrogen (secondary N) is 1. The van der Waals surface area contributed by atoms with Gasteiger partial charge in [0.1, 0.15) is 0 Å². The molecule has 3 aliphatic rings. The van der Waals surface area contributed by atoms with E-state index in [1.807, 2.05) is 0 Å². The normalized spacial score (nSPS) is 42.2. The number of hydrogen-bond donors (Lipinski definition) is 1. The Balaban J connectivity index is 1.44. The van der Waals surface area contributed by atoms with Crippen molar-refractivity contribution in [2.45, 2.75) is 83.6 Å². The predicted molar refractivity (Wildman–Crippen MR) is 82.2 cm³/mol. The fraction of sp³-hybridized carbons (Fsp3) is 1.00. The van der Waals surface area contributed by atoms with E-state index in [1.165, 1.54) is 77.2 Å². The molecule has 2 saturated carbocycles. The quantitative estimate of drug-likeness (QED) is 0.757. The van der Waals surface area contributed by atoms with Crippen LogP contribution >= 0.6 is 0 Å². The molecule has 1 N–H and O–H groups in total. The Morgan fingerprint density at radius 2 is 1.32 bits per heavy atom. The van der Waals surface area contributed by atoms with Crippen molar-refractivity contribution in [3.05, 3.63) is 0 Å². The summed E-state index contributed by atoms with van der Waals surface area (Å²) in [5, 5.41) is 3.95. The van der Waals surface area contributed by atoms with Gasteiger partial charge in [0.05, 0.1) is 0 Å². The van der Waals surface area contributed by atoms with Gasteiger partial charge in [0.25, 0.3) is 0 Å². The zero-order chi connectivity index (χ0) is 13.1. The van der Waals surface area contributed by atoms with E-state index in [4.69, 9.17) is 0 Å². The minimum absolute atomic E-state index is 0.868. The lowest BCUT2D eigenvalue weighted by molar-refractivity contribution is 0.143. The molecule has 2 unspecified atom stereocenters. The van der Waals surface area contributed by atoms with Crippen LogP contribution in [0.2, 0.25) is 0 Å². The monoisotopic (exact) mass is 263 g/mol. The molecular weight excluding hydrogens is 230 g/mol. The third kappa shape index (κ3) is 3.54. The van der Waals surface area contributed by atoms with E-state index in [1.54, 1.807) is 0 Å². The van der Waals surface area contributed by atoms with Gasteiger partial charge in [-0.25, -0.2) is 0 Å². The fourth-order valence-electron chi connectivity index (χ4n) is 5.00. The molecule has 0 amide bonds. The average Bonchev–Trinajstić information content (AvgIpc) is 2.49. The summed E-state index contributed by atoms with van der Waals surface area (Å²) < 4.78 is 0. The SMILES string of the molecule is CC1CCC(C2CCC(C3CCCCC3)CN2)CC1. The molecule has 110 valence electrons. The van der Waals surface area contributed by atoms with Crippen molar-refractivity contribution >= 4 is 0 Å². The first-order chi connectivity index (χ1) is 9.33. The molecule has 1 nitrogen and oxygen atoms in total. The standard InChI is InChI=1S/C18H33N/c1-14-7-9-16(10-8-14)18-12-11-17(13-19-18)15-5-3-2-4-6-15/h14-19H,2-13H2,1H3. The molecular formula is C18H33N. The first-order valence-corrected chi connectivity index (χ1v) is 9.06. The minimum Gasteiger partial charge on any atom is -0.313 e. The van der Waals surface area contributed by atoms with Crippen molar-refractivity contribution < 1.29 is 0 Å². The Kier molecular flexibility index (Phi) is 4.84. The van der Waals surface area contributed by atoms with E-state index in [2.05, 4.69) is 12.2 Å². The van der Waals surface area contributed by atoms with Crippen LogP contribution in [-0.2, 0) is 0 Å². The maximum absolute atomic E-state index is 3.95. The summed E-state index contributed by atoms with van der Waals surface area (Å²) in [5.41, 5.74) is 0.